The number of ether oxygens (including phenoxy) is 2. The molecule has 0 spiro atoms. The summed E-state index contributed by atoms with van der Waals surface area (Å²) in [5.74, 6) is -2.63. The van der Waals surface area contributed by atoms with Crippen LogP contribution in [-0.4, -0.2) is 52.8 Å². The van der Waals surface area contributed by atoms with Gasteiger partial charge in [0.2, 0.25) is 0 Å². The Balaban J connectivity index is 1.51. The molecule has 1 N–H and O–H groups in total. The fourth-order valence-corrected chi connectivity index (χ4v) is 4.49. The Bertz CT molecular complexity index is 1010. The second-order valence-electron chi connectivity index (χ2n) is 9.28. The number of benzene rings is 2. The van der Waals surface area contributed by atoms with E-state index in [1.54, 1.807) is 20.8 Å². The number of esters is 1. The van der Waals surface area contributed by atoms with Crippen molar-refractivity contribution in [2.24, 2.45) is 5.92 Å². The third kappa shape index (κ3) is 4.20. The zero-order valence-corrected chi connectivity index (χ0v) is 18.4. The molecule has 0 saturated carbocycles. The number of hydrogen-bond donors (Lipinski definition) is 1. The molecule has 7 nitrogen and oxygen atoms in total. The molecule has 7 heteroatoms. The summed E-state index contributed by atoms with van der Waals surface area (Å²) in [4.78, 5) is 38.4. The zero-order valence-electron chi connectivity index (χ0n) is 18.4. The molecule has 2 aromatic rings. The number of likely N-dealkylation sites (tertiary alicyclic amines) is 1. The quantitative estimate of drug-likeness (QED) is 0.726. The number of aliphatic carboxylic acids is 1. The summed E-state index contributed by atoms with van der Waals surface area (Å²) in [6, 6.07) is 15.0. The van der Waals surface area contributed by atoms with Gasteiger partial charge in [-0.05, 0) is 49.4 Å². The van der Waals surface area contributed by atoms with E-state index in [9.17, 15) is 19.5 Å². The number of nitrogens with zero attached hydrogens (tertiary/aromatic N) is 1. The number of amides is 1. The SMILES string of the molecule is CC(C)(C)OC(=O)C1CC(C(=O)O)CN1C(=O)OCC1c2ccccc2-c2ccccc21. The van der Waals surface area contributed by atoms with Crippen molar-refractivity contribution in [1.29, 1.82) is 0 Å². The first kappa shape index (κ1) is 21.9. The minimum absolute atomic E-state index is 0.00838. The monoisotopic (exact) mass is 437 g/mol. The van der Waals surface area contributed by atoms with Crippen LogP contribution in [-0.2, 0) is 19.1 Å². The number of carbonyl (C=O) groups is 3. The predicted octanol–water partition coefficient (Wildman–Crippen LogP) is 4.05. The van der Waals surface area contributed by atoms with Gasteiger partial charge < -0.3 is 14.6 Å². The maximum Gasteiger partial charge on any atom is 0.410 e. The highest BCUT2D eigenvalue weighted by molar-refractivity contribution is 5.85. The Kier molecular flexibility index (Phi) is 5.67. The largest absolute Gasteiger partial charge is 0.481 e. The van der Waals surface area contributed by atoms with Gasteiger partial charge in [-0.25, -0.2) is 9.59 Å². The van der Waals surface area contributed by atoms with Crippen LogP contribution in [0.15, 0.2) is 48.5 Å². The molecule has 2 aromatic carbocycles. The van der Waals surface area contributed by atoms with Gasteiger partial charge in [0.15, 0.2) is 0 Å². The van der Waals surface area contributed by atoms with Gasteiger partial charge in [-0.15, -0.1) is 0 Å². The molecular formula is C25H27NO6. The lowest BCUT2D eigenvalue weighted by Gasteiger charge is -2.27. The van der Waals surface area contributed by atoms with Crippen LogP contribution in [0.4, 0.5) is 4.79 Å². The summed E-state index contributed by atoms with van der Waals surface area (Å²) in [7, 11) is 0. The van der Waals surface area contributed by atoms with Crippen molar-refractivity contribution < 1.29 is 29.0 Å². The van der Waals surface area contributed by atoms with Crippen LogP contribution >= 0.6 is 0 Å². The average molecular weight is 437 g/mol. The van der Waals surface area contributed by atoms with Crippen molar-refractivity contribution in [1.82, 2.24) is 4.90 Å². The minimum atomic E-state index is -1.05. The molecule has 1 heterocycles. The Morgan fingerprint density at radius 1 is 1.00 bits per heavy atom. The van der Waals surface area contributed by atoms with Crippen molar-refractivity contribution >= 4 is 18.0 Å². The van der Waals surface area contributed by atoms with Gasteiger partial charge in [-0.1, -0.05) is 48.5 Å². The van der Waals surface area contributed by atoms with E-state index in [1.165, 1.54) is 4.90 Å². The highest BCUT2D eigenvalue weighted by Crippen LogP contribution is 2.44. The molecule has 1 saturated heterocycles. The van der Waals surface area contributed by atoms with Crippen molar-refractivity contribution in [2.45, 2.75) is 44.8 Å². The van der Waals surface area contributed by atoms with Gasteiger partial charge >= 0.3 is 18.0 Å². The van der Waals surface area contributed by atoms with E-state index in [0.717, 1.165) is 22.3 Å². The summed E-state index contributed by atoms with van der Waals surface area (Å²) in [5, 5.41) is 9.44. The van der Waals surface area contributed by atoms with Crippen LogP contribution in [0.3, 0.4) is 0 Å². The molecule has 0 radical (unpaired) electrons. The summed E-state index contributed by atoms with van der Waals surface area (Å²) in [5.41, 5.74) is 3.64. The smallest absolute Gasteiger partial charge is 0.410 e. The van der Waals surface area contributed by atoms with E-state index in [-0.39, 0.29) is 25.5 Å². The highest BCUT2D eigenvalue weighted by Gasteiger charge is 2.45. The van der Waals surface area contributed by atoms with Crippen molar-refractivity contribution in [3.63, 3.8) is 0 Å². The van der Waals surface area contributed by atoms with Gasteiger partial charge in [0, 0.05) is 12.5 Å². The topological polar surface area (TPSA) is 93.1 Å². The summed E-state index contributed by atoms with van der Waals surface area (Å²) >= 11 is 0. The fraction of sp³-hybridized carbons (Fsp3) is 0.400. The van der Waals surface area contributed by atoms with Crippen LogP contribution in [0.5, 0.6) is 0 Å². The first-order valence-electron chi connectivity index (χ1n) is 10.7. The van der Waals surface area contributed by atoms with E-state index >= 15 is 0 Å². The molecule has 2 aliphatic rings. The van der Waals surface area contributed by atoms with E-state index in [2.05, 4.69) is 0 Å². The van der Waals surface area contributed by atoms with Crippen LogP contribution in [0.1, 0.15) is 44.2 Å². The second kappa shape index (κ2) is 8.30. The molecule has 1 amide bonds. The molecule has 168 valence electrons. The Morgan fingerprint density at radius 2 is 1.56 bits per heavy atom. The maximum absolute atomic E-state index is 13.0. The molecule has 1 aliphatic carbocycles. The highest BCUT2D eigenvalue weighted by atomic mass is 16.6. The molecule has 0 aromatic heterocycles. The number of rotatable bonds is 4. The third-order valence-electron chi connectivity index (χ3n) is 5.90. The zero-order chi connectivity index (χ0) is 23.0. The van der Waals surface area contributed by atoms with Gasteiger partial charge in [0.1, 0.15) is 18.2 Å². The number of carboxylic acids is 1. The first-order chi connectivity index (χ1) is 15.2. The summed E-state index contributed by atoms with van der Waals surface area (Å²) < 4.78 is 11.1. The molecule has 4 rings (SSSR count). The third-order valence-corrected chi connectivity index (χ3v) is 5.90. The lowest BCUT2D eigenvalue weighted by atomic mass is 9.98. The van der Waals surface area contributed by atoms with Crippen molar-refractivity contribution in [2.75, 3.05) is 13.2 Å². The average Bonchev–Trinajstić information content (AvgIpc) is 3.32. The molecule has 32 heavy (non-hydrogen) atoms. The molecular weight excluding hydrogens is 410 g/mol. The number of hydrogen-bond acceptors (Lipinski definition) is 5. The lowest BCUT2D eigenvalue weighted by Crippen LogP contribution is -2.44. The van der Waals surface area contributed by atoms with E-state index in [0.29, 0.717) is 0 Å². The van der Waals surface area contributed by atoms with Crippen molar-refractivity contribution in [3.05, 3.63) is 59.7 Å². The summed E-state index contributed by atoms with van der Waals surface area (Å²) in [6.07, 6.45) is -0.694. The van der Waals surface area contributed by atoms with E-state index in [4.69, 9.17) is 9.47 Å². The standard InChI is InChI=1S/C25H27NO6/c1-25(2,3)32-23(29)21-12-15(22(27)28)13-26(21)24(30)31-14-20-18-10-6-4-8-16(18)17-9-5-7-11-19(17)20/h4-11,15,20-21H,12-14H2,1-3H3,(H,27,28). The van der Waals surface area contributed by atoms with E-state index in [1.807, 2.05) is 48.5 Å². The maximum atomic E-state index is 13.0. The van der Waals surface area contributed by atoms with Crippen LogP contribution in [0, 0.1) is 5.92 Å². The Hall–Kier alpha value is -3.35. The van der Waals surface area contributed by atoms with Gasteiger partial charge in [-0.3, -0.25) is 9.69 Å². The Labute approximate surface area is 186 Å². The summed E-state index contributed by atoms with van der Waals surface area (Å²) in [6.45, 7) is 5.20. The number of fused-ring (bicyclic) bond motifs is 3. The predicted molar refractivity (Wildman–Crippen MR) is 117 cm³/mol. The normalized spacial score (nSPS) is 19.9. The van der Waals surface area contributed by atoms with Gasteiger partial charge in [-0.2, -0.15) is 0 Å². The fourth-order valence-electron chi connectivity index (χ4n) is 4.49. The lowest BCUT2D eigenvalue weighted by molar-refractivity contribution is -0.159. The molecule has 2 atom stereocenters. The van der Waals surface area contributed by atoms with Crippen LogP contribution < -0.4 is 0 Å². The second-order valence-corrected chi connectivity index (χ2v) is 9.28. The molecule has 0 bridgehead atoms. The molecule has 1 aliphatic heterocycles. The Morgan fingerprint density at radius 3 is 2.09 bits per heavy atom. The number of carbonyl (C=O) groups excluding carboxylic acids is 2. The molecule has 2 unspecified atom stereocenters. The van der Waals surface area contributed by atoms with Gasteiger partial charge in [0.05, 0.1) is 5.92 Å². The minimum Gasteiger partial charge on any atom is -0.481 e. The van der Waals surface area contributed by atoms with Gasteiger partial charge in [0.25, 0.3) is 0 Å². The van der Waals surface area contributed by atoms with Crippen LogP contribution in [0.25, 0.3) is 11.1 Å². The van der Waals surface area contributed by atoms with Crippen molar-refractivity contribution in [3.8, 4) is 11.1 Å². The molecule has 1 fully saturated rings. The number of carboxylic acid groups (broad SMARTS) is 1. The van der Waals surface area contributed by atoms with E-state index < -0.39 is 35.6 Å². The first-order valence-corrected chi connectivity index (χ1v) is 10.7. The van der Waals surface area contributed by atoms with Crippen LogP contribution in [0.2, 0.25) is 0 Å².